The molecule has 1 aliphatic heterocycles. The Balaban J connectivity index is 1.45. The summed E-state index contributed by atoms with van der Waals surface area (Å²) in [6, 6.07) is 8.30. The lowest BCUT2D eigenvalue weighted by atomic mass is 9.81. The Morgan fingerprint density at radius 3 is 2.90 bits per heavy atom. The fraction of sp³-hybridized carbons (Fsp3) is 0.455. The van der Waals surface area contributed by atoms with Gasteiger partial charge in [-0.1, -0.05) is 12.5 Å². The smallest absolute Gasteiger partial charge is 0.163 e. The molecular weight excluding hydrogens is 383 g/mol. The first-order valence-corrected chi connectivity index (χ1v) is 10.7. The highest BCUT2D eigenvalue weighted by molar-refractivity contribution is 5.66. The highest BCUT2D eigenvalue weighted by Gasteiger charge is 2.25. The van der Waals surface area contributed by atoms with Crippen molar-refractivity contribution in [2.45, 2.75) is 37.7 Å². The molecule has 0 amide bonds. The first-order chi connectivity index (χ1) is 14.7. The van der Waals surface area contributed by atoms with Gasteiger partial charge in [-0.25, -0.2) is 9.37 Å². The van der Waals surface area contributed by atoms with Crippen LogP contribution in [0.3, 0.4) is 0 Å². The SMILES string of the molecule is O[C@H]1CNC[C@H](CNc2cc(Nc3cccc(F)c3)n3ncc(C4CCC4)c3n2)C1. The molecule has 1 saturated heterocycles. The molecule has 4 N–H and O–H groups in total. The van der Waals surface area contributed by atoms with Gasteiger partial charge in [-0.2, -0.15) is 9.61 Å². The summed E-state index contributed by atoms with van der Waals surface area (Å²) in [4.78, 5) is 4.85. The van der Waals surface area contributed by atoms with Gasteiger partial charge < -0.3 is 21.1 Å². The van der Waals surface area contributed by atoms with Crippen LogP contribution in [0.25, 0.3) is 5.65 Å². The minimum absolute atomic E-state index is 0.289. The predicted molar refractivity (Wildman–Crippen MR) is 115 cm³/mol. The molecule has 3 heterocycles. The summed E-state index contributed by atoms with van der Waals surface area (Å²) in [6.07, 6.45) is 5.96. The largest absolute Gasteiger partial charge is 0.392 e. The minimum atomic E-state index is -0.300. The van der Waals surface area contributed by atoms with Gasteiger partial charge in [-0.15, -0.1) is 0 Å². The summed E-state index contributed by atoms with van der Waals surface area (Å²) in [5, 5.41) is 24.5. The summed E-state index contributed by atoms with van der Waals surface area (Å²) in [7, 11) is 0. The number of aromatic nitrogens is 3. The average molecular weight is 410 g/mol. The number of hydrogen-bond acceptors (Lipinski definition) is 6. The summed E-state index contributed by atoms with van der Waals surface area (Å²) in [6.45, 7) is 2.25. The number of piperidine rings is 1. The van der Waals surface area contributed by atoms with Gasteiger partial charge in [-0.3, -0.25) is 0 Å². The quantitative estimate of drug-likeness (QED) is 0.499. The highest BCUT2D eigenvalue weighted by atomic mass is 19.1. The molecule has 2 fully saturated rings. The molecule has 3 aromatic rings. The predicted octanol–water partition coefficient (Wildman–Crippen LogP) is 3.26. The van der Waals surface area contributed by atoms with Crippen molar-refractivity contribution < 1.29 is 9.50 Å². The molecule has 30 heavy (non-hydrogen) atoms. The maximum Gasteiger partial charge on any atom is 0.163 e. The van der Waals surface area contributed by atoms with Crippen LogP contribution in [0.15, 0.2) is 36.5 Å². The number of halogens is 1. The van der Waals surface area contributed by atoms with Crippen molar-refractivity contribution in [1.29, 1.82) is 0 Å². The zero-order valence-corrected chi connectivity index (χ0v) is 16.8. The fourth-order valence-electron chi connectivity index (χ4n) is 4.29. The van der Waals surface area contributed by atoms with E-state index in [9.17, 15) is 9.50 Å². The Morgan fingerprint density at radius 2 is 2.13 bits per heavy atom. The molecule has 1 saturated carbocycles. The zero-order chi connectivity index (χ0) is 20.5. The molecule has 2 aromatic heterocycles. The van der Waals surface area contributed by atoms with E-state index in [0.29, 0.717) is 24.1 Å². The minimum Gasteiger partial charge on any atom is -0.392 e. The van der Waals surface area contributed by atoms with Crippen molar-refractivity contribution in [3.63, 3.8) is 0 Å². The summed E-state index contributed by atoms with van der Waals surface area (Å²) in [5.41, 5.74) is 2.67. The number of rotatable bonds is 6. The van der Waals surface area contributed by atoms with Gasteiger partial charge >= 0.3 is 0 Å². The number of fused-ring (bicyclic) bond motifs is 1. The zero-order valence-electron chi connectivity index (χ0n) is 16.8. The summed E-state index contributed by atoms with van der Waals surface area (Å²) in [5.74, 6) is 2.04. The maximum absolute atomic E-state index is 13.7. The third kappa shape index (κ3) is 3.97. The van der Waals surface area contributed by atoms with E-state index < -0.39 is 0 Å². The molecular formula is C22H27FN6O. The summed E-state index contributed by atoms with van der Waals surface area (Å²) >= 11 is 0. The first kappa shape index (κ1) is 19.3. The third-order valence-electron chi connectivity index (χ3n) is 6.13. The van der Waals surface area contributed by atoms with Gasteiger partial charge in [0.05, 0.1) is 12.3 Å². The van der Waals surface area contributed by atoms with Crippen molar-refractivity contribution in [3.05, 3.63) is 47.9 Å². The molecule has 2 atom stereocenters. The Hall–Kier alpha value is -2.71. The number of aliphatic hydroxyl groups excluding tert-OH is 1. The van der Waals surface area contributed by atoms with Crippen molar-refractivity contribution in [3.8, 4) is 0 Å². The van der Waals surface area contributed by atoms with Crippen LogP contribution in [-0.4, -0.2) is 45.4 Å². The fourth-order valence-corrected chi connectivity index (χ4v) is 4.29. The maximum atomic E-state index is 13.7. The Labute approximate surface area is 174 Å². The first-order valence-electron chi connectivity index (χ1n) is 10.7. The average Bonchev–Trinajstić information content (AvgIpc) is 3.09. The van der Waals surface area contributed by atoms with Gasteiger partial charge in [0.2, 0.25) is 0 Å². The summed E-state index contributed by atoms with van der Waals surface area (Å²) < 4.78 is 15.5. The number of nitrogens with zero attached hydrogens (tertiary/aromatic N) is 3. The number of β-amino-alcohol motifs (C(OH)–C–C–N with tert-alkyl or cyclic N) is 1. The lowest BCUT2D eigenvalue weighted by Crippen LogP contribution is -2.41. The van der Waals surface area contributed by atoms with Gasteiger partial charge in [-0.05, 0) is 55.8 Å². The number of aliphatic hydroxyl groups is 1. The van der Waals surface area contributed by atoms with Gasteiger partial charge in [0, 0.05) is 30.4 Å². The number of nitrogens with one attached hydrogen (secondary N) is 3. The van der Waals surface area contributed by atoms with E-state index in [0.717, 1.165) is 36.8 Å². The molecule has 1 aromatic carbocycles. The van der Waals surface area contributed by atoms with E-state index in [1.54, 1.807) is 10.6 Å². The molecule has 2 aliphatic rings. The highest BCUT2D eigenvalue weighted by Crippen LogP contribution is 2.38. The van der Waals surface area contributed by atoms with Gasteiger partial charge in [0.1, 0.15) is 17.5 Å². The van der Waals surface area contributed by atoms with Crippen LogP contribution in [0.1, 0.15) is 37.2 Å². The van der Waals surface area contributed by atoms with E-state index in [-0.39, 0.29) is 11.9 Å². The molecule has 0 bridgehead atoms. The second-order valence-corrected chi connectivity index (χ2v) is 8.42. The van der Waals surface area contributed by atoms with E-state index in [4.69, 9.17) is 4.98 Å². The standard InChI is InChI=1S/C22H27FN6O/c23-16-5-2-6-17(8-16)27-21-9-20(25-11-14-7-18(30)12-24-10-14)28-22-19(13-26-29(21)22)15-3-1-4-15/h2,5-6,8-9,13-15,18,24,27,30H,1,3-4,7,10-12H2,(H,25,28)/t14-,18-/m1/s1. The number of anilines is 3. The van der Waals surface area contributed by atoms with Crippen molar-refractivity contribution in [2.24, 2.45) is 5.92 Å². The topological polar surface area (TPSA) is 86.5 Å². The molecule has 5 rings (SSSR count). The van der Waals surface area contributed by atoms with E-state index >= 15 is 0 Å². The monoisotopic (exact) mass is 410 g/mol. The van der Waals surface area contributed by atoms with Crippen LogP contribution in [0, 0.1) is 11.7 Å². The lowest BCUT2D eigenvalue weighted by molar-refractivity contribution is 0.117. The Kier molecular flexibility index (Phi) is 5.26. The normalized spacial score (nSPS) is 22.1. The van der Waals surface area contributed by atoms with Crippen LogP contribution in [0.5, 0.6) is 0 Å². The van der Waals surface area contributed by atoms with Crippen LogP contribution >= 0.6 is 0 Å². The molecule has 0 spiro atoms. The van der Waals surface area contributed by atoms with Crippen LogP contribution in [-0.2, 0) is 0 Å². The molecule has 0 unspecified atom stereocenters. The van der Waals surface area contributed by atoms with Crippen molar-refractivity contribution in [2.75, 3.05) is 30.3 Å². The van der Waals surface area contributed by atoms with E-state index in [1.165, 1.54) is 37.0 Å². The third-order valence-corrected chi connectivity index (χ3v) is 6.13. The van der Waals surface area contributed by atoms with Crippen LogP contribution < -0.4 is 16.0 Å². The number of benzene rings is 1. The second-order valence-electron chi connectivity index (χ2n) is 8.42. The molecule has 158 valence electrons. The van der Waals surface area contributed by atoms with Gasteiger partial charge in [0.15, 0.2) is 5.65 Å². The van der Waals surface area contributed by atoms with Crippen molar-refractivity contribution in [1.82, 2.24) is 19.9 Å². The molecule has 8 heteroatoms. The molecule has 0 radical (unpaired) electrons. The molecule has 1 aliphatic carbocycles. The number of hydrogen-bond donors (Lipinski definition) is 4. The Morgan fingerprint density at radius 1 is 1.23 bits per heavy atom. The second kappa shape index (κ2) is 8.20. The Bertz CT molecular complexity index is 1030. The van der Waals surface area contributed by atoms with Crippen molar-refractivity contribution >= 4 is 23.0 Å². The van der Waals surface area contributed by atoms with Crippen LogP contribution in [0.4, 0.5) is 21.7 Å². The lowest BCUT2D eigenvalue weighted by Gasteiger charge is -2.27. The molecule has 7 nitrogen and oxygen atoms in total. The van der Waals surface area contributed by atoms with E-state index in [1.807, 2.05) is 18.3 Å². The van der Waals surface area contributed by atoms with Gasteiger partial charge in [0.25, 0.3) is 0 Å². The van der Waals surface area contributed by atoms with E-state index in [2.05, 4.69) is 21.0 Å². The van der Waals surface area contributed by atoms with Crippen LogP contribution in [0.2, 0.25) is 0 Å².